The third-order valence-electron chi connectivity index (χ3n) is 4.73. The number of hydrogen-bond donors (Lipinski definition) is 0. The van der Waals surface area contributed by atoms with Crippen LogP contribution in [-0.4, -0.2) is 6.29 Å². The van der Waals surface area contributed by atoms with Crippen molar-refractivity contribution in [3.8, 4) is 0 Å². The Kier molecular flexibility index (Phi) is 7.58. The average Bonchev–Trinajstić information content (AvgIpc) is 2.65. The molecular formula is C22H28OS. The molecule has 128 valence electrons. The van der Waals surface area contributed by atoms with E-state index in [1.165, 1.54) is 22.3 Å². The number of carbonyl (C=O) groups is 1. The summed E-state index contributed by atoms with van der Waals surface area (Å²) in [4.78, 5) is 13.2. The van der Waals surface area contributed by atoms with Gasteiger partial charge in [-0.3, -0.25) is 0 Å². The molecule has 24 heavy (non-hydrogen) atoms. The highest BCUT2D eigenvalue weighted by Gasteiger charge is 2.28. The van der Waals surface area contributed by atoms with E-state index in [1.807, 2.05) is 11.8 Å². The molecule has 0 spiro atoms. The second kappa shape index (κ2) is 9.68. The number of benzene rings is 2. The Bertz CT molecular complexity index is 623. The molecule has 0 heterocycles. The number of hydrogen-bond acceptors (Lipinski definition) is 2. The number of thioether (sulfide) groups is 1. The molecule has 1 unspecified atom stereocenters. The molecule has 0 aliphatic heterocycles. The highest BCUT2D eigenvalue weighted by Crippen LogP contribution is 2.35. The lowest BCUT2D eigenvalue weighted by atomic mass is 9.76. The molecule has 0 saturated carbocycles. The Hall–Kier alpha value is -1.54. The van der Waals surface area contributed by atoms with Crippen molar-refractivity contribution in [1.82, 2.24) is 0 Å². The molecule has 0 amide bonds. The minimum Gasteiger partial charge on any atom is -0.303 e. The van der Waals surface area contributed by atoms with Crippen molar-refractivity contribution in [1.29, 1.82) is 0 Å². The van der Waals surface area contributed by atoms with Crippen LogP contribution in [0.3, 0.4) is 0 Å². The number of carbonyl (C=O) groups excluding carboxylic acids is 1. The Morgan fingerprint density at radius 3 is 2.38 bits per heavy atom. The molecule has 0 aliphatic rings. The molecule has 0 aromatic heterocycles. The first-order valence-corrected chi connectivity index (χ1v) is 9.92. The van der Waals surface area contributed by atoms with Crippen LogP contribution in [-0.2, 0) is 17.0 Å². The summed E-state index contributed by atoms with van der Waals surface area (Å²) < 4.78 is 0. The van der Waals surface area contributed by atoms with Gasteiger partial charge in [0.25, 0.3) is 0 Å². The van der Waals surface area contributed by atoms with Crippen LogP contribution in [0.15, 0.2) is 59.5 Å². The van der Waals surface area contributed by atoms with Gasteiger partial charge in [-0.25, -0.2) is 0 Å². The van der Waals surface area contributed by atoms with Crippen molar-refractivity contribution in [2.24, 2.45) is 5.41 Å². The Morgan fingerprint density at radius 1 is 1.00 bits per heavy atom. The highest BCUT2D eigenvalue weighted by atomic mass is 32.2. The minimum absolute atomic E-state index is 0.209. The molecular weight excluding hydrogens is 312 g/mol. The van der Waals surface area contributed by atoms with E-state index in [0.717, 1.165) is 37.9 Å². The fourth-order valence-electron chi connectivity index (χ4n) is 3.01. The van der Waals surface area contributed by atoms with E-state index in [-0.39, 0.29) is 5.41 Å². The van der Waals surface area contributed by atoms with Gasteiger partial charge >= 0.3 is 0 Å². The summed E-state index contributed by atoms with van der Waals surface area (Å²) in [5.74, 6) is 0.965. The lowest BCUT2D eigenvalue weighted by Crippen LogP contribution is -2.25. The maximum Gasteiger partial charge on any atom is 0.126 e. The van der Waals surface area contributed by atoms with Crippen LogP contribution in [0.4, 0.5) is 0 Å². The standard InChI is InChI=1S/C22H28OS/c1-3-5-15-22(4-2,18-23)16-20-13-9-10-14-21(20)24-17-19-11-7-6-8-12-19/h6-14,18H,3-5,15-17H2,1-2H3. The molecule has 0 fully saturated rings. The van der Waals surface area contributed by atoms with Gasteiger partial charge in [0.05, 0.1) is 0 Å². The second-order valence-electron chi connectivity index (χ2n) is 6.50. The van der Waals surface area contributed by atoms with Crippen LogP contribution in [0.25, 0.3) is 0 Å². The maximum atomic E-state index is 11.9. The summed E-state index contributed by atoms with van der Waals surface area (Å²) in [5.41, 5.74) is 2.43. The molecule has 1 atom stereocenters. The van der Waals surface area contributed by atoms with Gasteiger partial charge in [-0.05, 0) is 36.5 Å². The van der Waals surface area contributed by atoms with Crippen molar-refractivity contribution < 1.29 is 4.79 Å². The van der Waals surface area contributed by atoms with Crippen molar-refractivity contribution in [2.45, 2.75) is 56.6 Å². The Balaban J connectivity index is 2.13. The van der Waals surface area contributed by atoms with E-state index in [2.05, 4.69) is 68.4 Å². The molecule has 2 heteroatoms. The molecule has 0 N–H and O–H groups in total. The zero-order valence-corrected chi connectivity index (χ0v) is 15.6. The minimum atomic E-state index is -0.209. The predicted molar refractivity (Wildman–Crippen MR) is 104 cm³/mol. The summed E-state index contributed by atoms with van der Waals surface area (Å²) >= 11 is 1.87. The van der Waals surface area contributed by atoms with E-state index in [4.69, 9.17) is 0 Å². The molecule has 0 aliphatic carbocycles. The van der Waals surface area contributed by atoms with E-state index in [1.54, 1.807) is 0 Å². The average molecular weight is 341 g/mol. The van der Waals surface area contributed by atoms with Gasteiger partial charge in [-0.1, -0.05) is 75.2 Å². The van der Waals surface area contributed by atoms with Crippen molar-refractivity contribution in [3.63, 3.8) is 0 Å². The van der Waals surface area contributed by atoms with Gasteiger partial charge in [0.15, 0.2) is 0 Å². The predicted octanol–water partition coefficient (Wildman–Crippen LogP) is 6.31. The lowest BCUT2D eigenvalue weighted by Gasteiger charge is -2.27. The van der Waals surface area contributed by atoms with E-state index >= 15 is 0 Å². The third kappa shape index (κ3) is 5.24. The van der Waals surface area contributed by atoms with Gasteiger partial charge in [0.2, 0.25) is 0 Å². The van der Waals surface area contributed by atoms with Gasteiger partial charge in [-0.2, -0.15) is 0 Å². The van der Waals surface area contributed by atoms with Gasteiger partial charge < -0.3 is 4.79 Å². The lowest BCUT2D eigenvalue weighted by molar-refractivity contribution is -0.116. The molecule has 2 aromatic carbocycles. The molecule has 0 saturated heterocycles. The van der Waals surface area contributed by atoms with Crippen molar-refractivity contribution in [2.75, 3.05) is 0 Å². The van der Waals surface area contributed by atoms with Crippen LogP contribution >= 0.6 is 11.8 Å². The first kappa shape index (κ1) is 18.8. The second-order valence-corrected chi connectivity index (χ2v) is 7.51. The van der Waals surface area contributed by atoms with Gasteiger partial charge in [0.1, 0.15) is 6.29 Å². The summed E-state index contributed by atoms with van der Waals surface area (Å²) in [6.07, 6.45) is 6.22. The summed E-state index contributed by atoms with van der Waals surface area (Å²) in [7, 11) is 0. The number of aldehydes is 1. The fraction of sp³-hybridized carbons (Fsp3) is 0.409. The number of rotatable bonds is 10. The molecule has 2 aromatic rings. The summed E-state index contributed by atoms with van der Waals surface area (Å²) in [5, 5.41) is 0. The number of unbranched alkanes of at least 4 members (excludes halogenated alkanes) is 1. The maximum absolute atomic E-state index is 11.9. The van der Waals surface area contributed by atoms with Crippen molar-refractivity contribution >= 4 is 18.0 Å². The fourth-order valence-corrected chi connectivity index (χ4v) is 4.02. The Labute approximate surface area is 150 Å². The van der Waals surface area contributed by atoms with Crippen LogP contribution in [0, 0.1) is 5.41 Å². The molecule has 0 radical (unpaired) electrons. The largest absolute Gasteiger partial charge is 0.303 e. The highest BCUT2D eigenvalue weighted by molar-refractivity contribution is 7.98. The monoisotopic (exact) mass is 340 g/mol. The van der Waals surface area contributed by atoms with Gasteiger partial charge in [-0.15, -0.1) is 11.8 Å². The Morgan fingerprint density at radius 2 is 1.71 bits per heavy atom. The molecule has 0 bridgehead atoms. The summed E-state index contributed by atoms with van der Waals surface area (Å²) in [6, 6.07) is 19.1. The van der Waals surface area contributed by atoms with E-state index in [9.17, 15) is 4.79 Å². The molecule has 2 rings (SSSR count). The zero-order valence-electron chi connectivity index (χ0n) is 14.8. The quantitative estimate of drug-likeness (QED) is 0.372. The third-order valence-corrected chi connectivity index (χ3v) is 5.92. The molecule has 1 nitrogen and oxygen atoms in total. The van der Waals surface area contributed by atoms with E-state index in [0.29, 0.717) is 0 Å². The topological polar surface area (TPSA) is 17.1 Å². The van der Waals surface area contributed by atoms with Crippen LogP contribution < -0.4 is 0 Å². The summed E-state index contributed by atoms with van der Waals surface area (Å²) in [6.45, 7) is 4.33. The SMILES string of the molecule is CCCCC(C=O)(CC)Cc1ccccc1SCc1ccccc1. The van der Waals surface area contributed by atoms with Crippen LogP contribution in [0.1, 0.15) is 50.7 Å². The van der Waals surface area contributed by atoms with Crippen molar-refractivity contribution in [3.05, 3.63) is 65.7 Å². The van der Waals surface area contributed by atoms with E-state index < -0.39 is 0 Å². The van der Waals surface area contributed by atoms with Crippen LogP contribution in [0.5, 0.6) is 0 Å². The van der Waals surface area contributed by atoms with Crippen LogP contribution in [0.2, 0.25) is 0 Å². The zero-order chi connectivity index (χ0) is 17.3. The first-order valence-electron chi connectivity index (χ1n) is 8.94. The first-order chi connectivity index (χ1) is 11.7. The van der Waals surface area contributed by atoms with Gasteiger partial charge in [0, 0.05) is 16.1 Å². The smallest absolute Gasteiger partial charge is 0.126 e. The normalized spacial score (nSPS) is 13.4.